The van der Waals surface area contributed by atoms with Gasteiger partial charge in [0.05, 0.1) is 4.90 Å². The van der Waals surface area contributed by atoms with Gasteiger partial charge in [-0.2, -0.15) is 9.29 Å². The molecule has 0 aliphatic heterocycles. The van der Waals surface area contributed by atoms with E-state index in [4.69, 9.17) is 9.26 Å². The second-order valence-corrected chi connectivity index (χ2v) is 8.05. The van der Waals surface area contributed by atoms with Crippen molar-refractivity contribution in [3.8, 4) is 0 Å². The summed E-state index contributed by atoms with van der Waals surface area (Å²) in [5, 5.41) is 6.04. The number of sulfonamides is 1. The fourth-order valence-corrected chi connectivity index (χ4v) is 3.97. The fraction of sp³-hybridized carbons (Fsp3) is 0.444. The Morgan fingerprint density at radius 1 is 1.21 bits per heavy atom. The highest BCUT2D eigenvalue weighted by Gasteiger charge is 2.22. The van der Waals surface area contributed by atoms with Crippen molar-refractivity contribution in [1.29, 1.82) is 0 Å². The maximum Gasteiger partial charge on any atom is 0.326 e. The smallest absolute Gasteiger partial charge is 0.326 e. The van der Waals surface area contributed by atoms with Gasteiger partial charge in [-0.1, -0.05) is 19.0 Å². The maximum atomic E-state index is 12.5. The van der Waals surface area contributed by atoms with Crippen LogP contribution in [-0.4, -0.2) is 54.4 Å². The summed E-state index contributed by atoms with van der Waals surface area (Å²) in [6.07, 6.45) is -0.745. The number of carbonyl (C=O) groups is 2. The van der Waals surface area contributed by atoms with Crippen LogP contribution in [0.1, 0.15) is 48.9 Å². The van der Waals surface area contributed by atoms with Crippen molar-refractivity contribution in [2.24, 2.45) is 0 Å². The van der Waals surface area contributed by atoms with Gasteiger partial charge in [0.1, 0.15) is 6.54 Å². The van der Waals surface area contributed by atoms with E-state index in [9.17, 15) is 18.0 Å². The number of carbonyl (C=O) groups excluding carboxylic acids is 2. The number of ether oxygens (including phenoxy) is 1. The van der Waals surface area contributed by atoms with Crippen LogP contribution in [0.5, 0.6) is 0 Å². The summed E-state index contributed by atoms with van der Waals surface area (Å²) in [5.74, 6) is -0.632. The largest absolute Gasteiger partial charge is 0.451 e. The Labute approximate surface area is 169 Å². The predicted molar refractivity (Wildman–Crippen MR) is 102 cm³/mol. The SMILES string of the molecule is CCN(CC)S(=O)(=O)c1ccc(C(=O)NCC(=O)OC(C)c2nc(C)no2)cc1. The predicted octanol–water partition coefficient (Wildman–Crippen LogP) is 1.44. The van der Waals surface area contributed by atoms with E-state index in [1.165, 1.54) is 28.6 Å². The fourth-order valence-electron chi connectivity index (χ4n) is 2.51. The highest BCUT2D eigenvalue weighted by Crippen LogP contribution is 2.16. The molecule has 0 aliphatic carbocycles. The first-order valence-electron chi connectivity index (χ1n) is 9.07. The van der Waals surface area contributed by atoms with Gasteiger partial charge < -0.3 is 14.6 Å². The number of esters is 1. The van der Waals surface area contributed by atoms with Crippen LogP contribution in [0.2, 0.25) is 0 Å². The summed E-state index contributed by atoms with van der Waals surface area (Å²) in [7, 11) is -3.60. The lowest BCUT2D eigenvalue weighted by molar-refractivity contribution is -0.148. The quantitative estimate of drug-likeness (QED) is 0.598. The second kappa shape index (κ2) is 9.61. The molecule has 1 heterocycles. The van der Waals surface area contributed by atoms with Crippen LogP contribution in [0.15, 0.2) is 33.7 Å². The van der Waals surface area contributed by atoms with Gasteiger partial charge in [-0.3, -0.25) is 9.59 Å². The van der Waals surface area contributed by atoms with E-state index in [1.54, 1.807) is 27.7 Å². The molecule has 10 nitrogen and oxygen atoms in total. The van der Waals surface area contributed by atoms with Crippen molar-refractivity contribution in [2.45, 2.75) is 38.7 Å². The second-order valence-electron chi connectivity index (χ2n) is 6.11. The van der Waals surface area contributed by atoms with Crippen LogP contribution in [0, 0.1) is 6.92 Å². The van der Waals surface area contributed by atoms with Gasteiger partial charge in [0.15, 0.2) is 11.9 Å². The van der Waals surface area contributed by atoms with Gasteiger partial charge >= 0.3 is 5.97 Å². The van der Waals surface area contributed by atoms with Gasteiger partial charge in [-0.15, -0.1) is 0 Å². The average Bonchev–Trinajstić information content (AvgIpc) is 3.13. The topological polar surface area (TPSA) is 132 Å². The average molecular weight is 424 g/mol. The molecule has 1 atom stereocenters. The number of nitrogens with zero attached hydrogens (tertiary/aromatic N) is 3. The molecule has 0 spiro atoms. The molecule has 2 aromatic rings. The maximum absolute atomic E-state index is 12.5. The lowest BCUT2D eigenvalue weighted by Gasteiger charge is -2.18. The Kier molecular flexibility index (Phi) is 7.46. The van der Waals surface area contributed by atoms with Gasteiger partial charge in [0, 0.05) is 18.7 Å². The number of aromatic nitrogens is 2. The highest BCUT2D eigenvalue weighted by atomic mass is 32.2. The third-order valence-electron chi connectivity index (χ3n) is 4.05. The summed E-state index contributed by atoms with van der Waals surface area (Å²) in [5.41, 5.74) is 0.219. The number of hydrogen-bond acceptors (Lipinski definition) is 8. The van der Waals surface area contributed by atoms with Gasteiger partial charge in [-0.05, 0) is 38.1 Å². The molecule has 1 unspecified atom stereocenters. The number of amides is 1. The molecule has 158 valence electrons. The van der Waals surface area contributed by atoms with Crippen LogP contribution in [0.3, 0.4) is 0 Å². The molecule has 0 aliphatic rings. The molecule has 0 radical (unpaired) electrons. The zero-order chi connectivity index (χ0) is 21.6. The lowest BCUT2D eigenvalue weighted by atomic mass is 10.2. The van der Waals surface area contributed by atoms with Crippen molar-refractivity contribution in [3.63, 3.8) is 0 Å². The number of benzene rings is 1. The van der Waals surface area contributed by atoms with E-state index in [0.717, 1.165) is 0 Å². The third-order valence-corrected chi connectivity index (χ3v) is 6.12. The van der Waals surface area contributed by atoms with Gasteiger partial charge in [0.2, 0.25) is 10.0 Å². The Balaban J connectivity index is 1.93. The first-order valence-corrected chi connectivity index (χ1v) is 10.5. The molecule has 1 aromatic heterocycles. The van der Waals surface area contributed by atoms with Gasteiger partial charge in [0.25, 0.3) is 11.8 Å². The minimum Gasteiger partial charge on any atom is -0.451 e. The monoisotopic (exact) mass is 424 g/mol. The van der Waals surface area contributed by atoms with E-state index in [0.29, 0.717) is 18.9 Å². The minimum absolute atomic E-state index is 0.0980. The van der Waals surface area contributed by atoms with Crippen LogP contribution in [-0.2, 0) is 19.6 Å². The van der Waals surface area contributed by atoms with E-state index >= 15 is 0 Å². The molecule has 0 fully saturated rings. The van der Waals surface area contributed by atoms with Crippen molar-refractivity contribution < 1.29 is 27.3 Å². The molecule has 1 amide bonds. The van der Waals surface area contributed by atoms with E-state index in [1.807, 2.05) is 0 Å². The Morgan fingerprint density at radius 3 is 2.34 bits per heavy atom. The van der Waals surface area contributed by atoms with E-state index in [-0.39, 0.29) is 22.9 Å². The minimum atomic E-state index is -3.60. The normalized spacial score (nSPS) is 12.6. The molecule has 29 heavy (non-hydrogen) atoms. The number of aryl methyl sites for hydroxylation is 1. The Bertz CT molecular complexity index is 951. The Hall–Kier alpha value is -2.79. The number of rotatable bonds is 9. The van der Waals surface area contributed by atoms with Crippen LogP contribution in [0.4, 0.5) is 0 Å². The standard InChI is InChI=1S/C18H24N4O6S/c1-5-22(6-2)29(25,26)15-9-7-14(8-10-15)17(24)19-11-16(23)27-12(3)18-20-13(4)21-28-18/h7-10,12H,5-6,11H2,1-4H3,(H,19,24). The summed E-state index contributed by atoms with van der Waals surface area (Å²) in [6, 6.07) is 5.50. The molecule has 0 saturated carbocycles. The number of hydrogen-bond donors (Lipinski definition) is 1. The summed E-state index contributed by atoms with van der Waals surface area (Å²) < 4.78 is 36.3. The van der Waals surface area contributed by atoms with Crippen LogP contribution in [0.25, 0.3) is 0 Å². The van der Waals surface area contributed by atoms with Crippen molar-refractivity contribution in [3.05, 3.63) is 41.5 Å². The molecule has 2 rings (SSSR count). The van der Waals surface area contributed by atoms with Crippen molar-refractivity contribution >= 4 is 21.9 Å². The number of nitrogens with one attached hydrogen (secondary N) is 1. The highest BCUT2D eigenvalue weighted by molar-refractivity contribution is 7.89. The summed E-state index contributed by atoms with van der Waals surface area (Å²) in [6.45, 7) is 7.05. The molecule has 11 heteroatoms. The first kappa shape index (κ1) is 22.5. The zero-order valence-corrected chi connectivity index (χ0v) is 17.5. The van der Waals surface area contributed by atoms with Gasteiger partial charge in [-0.25, -0.2) is 8.42 Å². The summed E-state index contributed by atoms with van der Waals surface area (Å²) >= 11 is 0. The third kappa shape index (κ3) is 5.61. The molecule has 0 saturated heterocycles. The molecule has 1 N–H and O–H groups in total. The summed E-state index contributed by atoms with van der Waals surface area (Å²) in [4.78, 5) is 28.1. The lowest BCUT2D eigenvalue weighted by Crippen LogP contribution is -2.31. The molecule has 1 aromatic carbocycles. The Morgan fingerprint density at radius 2 is 1.83 bits per heavy atom. The zero-order valence-electron chi connectivity index (χ0n) is 16.7. The molecular weight excluding hydrogens is 400 g/mol. The van der Waals surface area contributed by atoms with Crippen LogP contribution < -0.4 is 5.32 Å². The first-order chi connectivity index (χ1) is 13.7. The molecular formula is C18H24N4O6S. The van der Waals surface area contributed by atoms with Crippen molar-refractivity contribution in [2.75, 3.05) is 19.6 Å². The van der Waals surface area contributed by atoms with E-state index in [2.05, 4.69) is 15.5 Å². The molecule has 0 bridgehead atoms. The van der Waals surface area contributed by atoms with E-state index < -0.39 is 28.0 Å². The van der Waals surface area contributed by atoms with Crippen molar-refractivity contribution in [1.82, 2.24) is 19.8 Å². The van der Waals surface area contributed by atoms with Crippen LogP contribution >= 0.6 is 0 Å².